The Morgan fingerprint density at radius 3 is 2.22 bits per heavy atom. The molecule has 0 aliphatic carbocycles. The molecule has 1 atom stereocenters. The third-order valence-electron chi connectivity index (χ3n) is 5.12. The molecule has 4 rings (SSSR count). The number of fused-ring (bicyclic) bond motifs is 1. The van der Waals surface area contributed by atoms with E-state index >= 15 is 0 Å². The number of hydrogen-bond acceptors (Lipinski definition) is 6. The lowest BCUT2D eigenvalue weighted by molar-refractivity contribution is -0.137. The van der Waals surface area contributed by atoms with Crippen molar-refractivity contribution in [3.63, 3.8) is 0 Å². The van der Waals surface area contributed by atoms with Gasteiger partial charge in [-0.2, -0.15) is 0 Å². The molecule has 3 aromatic carbocycles. The summed E-state index contributed by atoms with van der Waals surface area (Å²) in [6.45, 7) is 5.15. The highest BCUT2D eigenvalue weighted by Crippen LogP contribution is 2.35. The number of alkyl carbamates (subject to hydrolysis) is 1. The fourth-order valence-corrected chi connectivity index (χ4v) is 3.82. The summed E-state index contributed by atoms with van der Waals surface area (Å²) in [6, 6.07) is 21.1. The van der Waals surface area contributed by atoms with Gasteiger partial charge in [0.2, 0.25) is 0 Å². The van der Waals surface area contributed by atoms with Gasteiger partial charge in [-0.05, 0) is 43.5 Å². The number of carbonyl (C=O) groups excluding carboxylic acids is 2. The van der Waals surface area contributed by atoms with Gasteiger partial charge in [0.05, 0.1) is 5.02 Å². The Bertz CT molecular complexity index is 1460. The van der Waals surface area contributed by atoms with Crippen LogP contribution in [0.2, 0.25) is 5.02 Å². The molecule has 8 heteroatoms. The number of halogens is 1. The Balaban J connectivity index is 1.68. The SMILES string of the molecule is CC(C)(C)OC(=O)N[C@@H](C(=O)Oc1cc2oc(=O)cc(-c3ccccc3)c2cc1Cl)c1ccccc1. The van der Waals surface area contributed by atoms with Crippen molar-refractivity contribution in [2.75, 3.05) is 0 Å². The van der Waals surface area contributed by atoms with Gasteiger partial charge in [0.15, 0.2) is 11.8 Å². The minimum Gasteiger partial charge on any atom is -0.444 e. The molecule has 7 nitrogen and oxygen atoms in total. The summed E-state index contributed by atoms with van der Waals surface area (Å²) < 4.78 is 16.3. The molecule has 0 saturated carbocycles. The van der Waals surface area contributed by atoms with Crippen molar-refractivity contribution in [3.8, 4) is 16.9 Å². The van der Waals surface area contributed by atoms with E-state index in [1.165, 1.54) is 12.1 Å². The van der Waals surface area contributed by atoms with Crippen molar-refractivity contribution in [1.82, 2.24) is 5.32 Å². The zero-order valence-corrected chi connectivity index (χ0v) is 20.7. The van der Waals surface area contributed by atoms with Gasteiger partial charge >= 0.3 is 17.7 Å². The Morgan fingerprint density at radius 2 is 1.58 bits per heavy atom. The van der Waals surface area contributed by atoms with Crippen molar-refractivity contribution in [3.05, 3.63) is 99.9 Å². The molecule has 0 bridgehead atoms. The molecule has 4 aromatic rings. The van der Waals surface area contributed by atoms with E-state index in [2.05, 4.69) is 5.32 Å². The van der Waals surface area contributed by atoms with E-state index < -0.39 is 29.3 Å². The van der Waals surface area contributed by atoms with Crippen molar-refractivity contribution in [2.45, 2.75) is 32.4 Å². The van der Waals surface area contributed by atoms with Crippen LogP contribution in [0.3, 0.4) is 0 Å². The standard InChI is InChI=1S/C28H24ClNO6/c1-28(2,3)36-27(33)30-25(18-12-8-5-9-13-18)26(32)35-23-16-22-20(14-21(23)29)19(15-24(31)34-22)17-10-6-4-7-11-17/h4-16,25H,1-3H3,(H,30,33)/t25-/m1/s1. The lowest BCUT2D eigenvalue weighted by Gasteiger charge is -2.23. The number of esters is 1. The minimum atomic E-state index is -1.17. The molecule has 1 heterocycles. The van der Waals surface area contributed by atoms with E-state index in [0.29, 0.717) is 16.5 Å². The molecule has 0 saturated heterocycles. The second-order valence-electron chi connectivity index (χ2n) is 9.03. The van der Waals surface area contributed by atoms with E-state index in [4.69, 9.17) is 25.5 Å². The molecule has 0 unspecified atom stereocenters. The highest BCUT2D eigenvalue weighted by atomic mass is 35.5. The average molecular weight is 506 g/mol. The zero-order chi connectivity index (χ0) is 25.9. The molecule has 0 fully saturated rings. The molecule has 0 radical (unpaired) electrons. The first kappa shape index (κ1) is 25.0. The number of carbonyl (C=O) groups is 2. The Morgan fingerprint density at radius 1 is 0.944 bits per heavy atom. The van der Waals surface area contributed by atoms with Crippen LogP contribution in [0, 0.1) is 0 Å². The summed E-state index contributed by atoms with van der Waals surface area (Å²) in [5.74, 6) is -0.815. The summed E-state index contributed by atoms with van der Waals surface area (Å²) in [4.78, 5) is 37.9. The van der Waals surface area contributed by atoms with E-state index in [0.717, 1.165) is 5.56 Å². The van der Waals surface area contributed by atoms with Gasteiger partial charge in [-0.15, -0.1) is 0 Å². The number of hydrogen-bond donors (Lipinski definition) is 1. The van der Waals surface area contributed by atoms with Crippen LogP contribution >= 0.6 is 11.6 Å². The lowest BCUT2D eigenvalue weighted by atomic mass is 10.0. The summed E-state index contributed by atoms with van der Waals surface area (Å²) in [7, 11) is 0. The van der Waals surface area contributed by atoms with Gasteiger partial charge in [0.25, 0.3) is 0 Å². The zero-order valence-electron chi connectivity index (χ0n) is 19.9. The van der Waals surface area contributed by atoms with Gasteiger partial charge < -0.3 is 19.2 Å². The van der Waals surface area contributed by atoms with Crippen molar-refractivity contribution >= 4 is 34.6 Å². The van der Waals surface area contributed by atoms with Crippen LogP contribution < -0.4 is 15.7 Å². The number of rotatable bonds is 5. The van der Waals surface area contributed by atoms with Gasteiger partial charge in [0, 0.05) is 17.5 Å². The Hall–Kier alpha value is -4.10. The Kier molecular flexibility index (Phi) is 7.12. The highest BCUT2D eigenvalue weighted by Gasteiger charge is 2.28. The lowest BCUT2D eigenvalue weighted by Crippen LogP contribution is -2.39. The van der Waals surface area contributed by atoms with Crippen molar-refractivity contribution < 1.29 is 23.5 Å². The maximum atomic E-state index is 13.2. The number of nitrogens with one attached hydrogen (secondary N) is 1. The third kappa shape index (κ3) is 5.93. The summed E-state index contributed by atoms with van der Waals surface area (Å²) in [5, 5.41) is 3.27. The van der Waals surface area contributed by atoms with E-state index in [1.807, 2.05) is 30.3 Å². The topological polar surface area (TPSA) is 94.8 Å². The largest absolute Gasteiger partial charge is 0.444 e. The molecule has 0 aliphatic rings. The maximum absolute atomic E-state index is 13.2. The number of amides is 1. The van der Waals surface area contributed by atoms with E-state index in [1.54, 1.807) is 57.2 Å². The summed E-state index contributed by atoms with van der Waals surface area (Å²) in [5.41, 5.74) is 0.810. The summed E-state index contributed by atoms with van der Waals surface area (Å²) in [6.07, 6.45) is -0.781. The fraction of sp³-hybridized carbons (Fsp3) is 0.179. The molecule has 1 aromatic heterocycles. The maximum Gasteiger partial charge on any atom is 0.408 e. The molecule has 0 spiro atoms. The highest BCUT2D eigenvalue weighted by molar-refractivity contribution is 6.33. The van der Waals surface area contributed by atoms with Crippen LogP contribution in [0.5, 0.6) is 5.75 Å². The normalized spacial score (nSPS) is 12.1. The van der Waals surface area contributed by atoms with E-state index in [9.17, 15) is 14.4 Å². The van der Waals surface area contributed by atoms with Crippen molar-refractivity contribution in [1.29, 1.82) is 0 Å². The van der Waals surface area contributed by atoms with Gasteiger partial charge in [-0.25, -0.2) is 14.4 Å². The second-order valence-corrected chi connectivity index (χ2v) is 9.44. The van der Waals surface area contributed by atoms with Crippen LogP contribution in [-0.2, 0) is 9.53 Å². The minimum absolute atomic E-state index is 0.0190. The second kappa shape index (κ2) is 10.3. The van der Waals surface area contributed by atoms with Gasteiger partial charge in [-0.3, -0.25) is 0 Å². The predicted octanol–water partition coefficient (Wildman–Crippen LogP) is 6.28. The number of ether oxygens (including phenoxy) is 2. The van der Waals surface area contributed by atoms with Crippen LogP contribution in [0.15, 0.2) is 88.1 Å². The summed E-state index contributed by atoms with van der Waals surface area (Å²) >= 11 is 6.48. The molecule has 184 valence electrons. The smallest absolute Gasteiger partial charge is 0.408 e. The van der Waals surface area contributed by atoms with Crippen LogP contribution in [0.25, 0.3) is 22.1 Å². The third-order valence-corrected chi connectivity index (χ3v) is 5.42. The Labute approximate surface area is 212 Å². The first-order valence-corrected chi connectivity index (χ1v) is 11.6. The quantitative estimate of drug-likeness (QED) is 0.195. The predicted molar refractivity (Wildman–Crippen MR) is 137 cm³/mol. The molecule has 36 heavy (non-hydrogen) atoms. The van der Waals surface area contributed by atoms with Crippen LogP contribution in [0.1, 0.15) is 32.4 Å². The fourth-order valence-electron chi connectivity index (χ4n) is 3.61. The molecule has 0 aliphatic heterocycles. The molecular formula is C28H24ClNO6. The average Bonchev–Trinajstić information content (AvgIpc) is 2.83. The van der Waals surface area contributed by atoms with E-state index in [-0.39, 0.29) is 16.4 Å². The van der Waals surface area contributed by atoms with Crippen LogP contribution in [-0.4, -0.2) is 17.7 Å². The molecular weight excluding hydrogens is 482 g/mol. The molecule has 1 N–H and O–H groups in total. The first-order valence-electron chi connectivity index (χ1n) is 11.2. The van der Waals surface area contributed by atoms with Gasteiger partial charge in [-0.1, -0.05) is 72.3 Å². The first-order chi connectivity index (χ1) is 17.1. The van der Waals surface area contributed by atoms with Gasteiger partial charge in [0.1, 0.15) is 11.2 Å². The van der Waals surface area contributed by atoms with Crippen LogP contribution in [0.4, 0.5) is 4.79 Å². The van der Waals surface area contributed by atoms with Crippen molar-refractivity contribution in [2.24, 2.45) is 0 Å². The number of benzene rings is 3. The molecule has 1 amide bonds. The monoisotopic (exact) mass is 505 g/mol.